The molecule has 1 aromatic rings. The van der Waals surface area contributed by atoms with Gasteiger partial charge in [0.25, 0.3) is 0 Å². The predicted molar refractivity (Wildman–Crippen MR) is 72.4 cm³/mol. The first-order valence-corrected chi connectivity index (χ1v) is 8.06. The molecule has 118 valence electrons. The zero-order valence-corrected chi connectivity index (χ0v) is 12.5. The van der Waals surface area contributed by atoms with E-state index in [2.05, 4.69) is 0 Å². The van der Waals surface area contributed by atoms with Crippen LogP contribution in [0.5, 0.6) is 0 Å². The van der Waals surface area contributed by atoms with Gasteiger partial charge in [0.2, 0.25) is 10.0 Å². The van der Waals surface area contributed by atoms with Crippen molar-refractivity contribution in [2.75, 3.05) is 13.1 Å². The minimum absolute atomic E-state index is 0.0161. The highest BCUT2D eigenvalue weighted by atomic mass is 35.5. The Morgan fingerprint density at radius 2 is 2.00 bits per heavy atom. The normalized spacial score (nSPS) is 21.5. The van der Waals surface area contributed by atoms with Crippen LogP contribution >= 0.6 is 11.6 Å². The van der Waals surface area contributed by atoms with Gasteiger partial charge in [-0.2, -0.15) is 17.5 Å². The summed E-state index contributed by atoms with van der Waals surface area (Å²) in [7, 11) is -4.25. The summed E-state index contributed by atoms with van der Waals surface area (Å²) in [6.45, 7) is 0.179. The highest BCUT2D eigenvalue weighted by Crippen LogP contribution is 2.37. The molecule has 2 rings (SSSR count). The fraction of sp³-hybridized carbons (Fsp3) is 0.500. The van der Waals surface area contributed by atoms with E-state index < -0.39 is 26.7 Å². The van der Waals surface area contributed by atoms with Crippen molar-refractivity contribution in [2.24, 2.45) is 5.73 Å². The largest absolute Gasteiger partial charge is 0.417 e. The molecule has 1 aromatic carbocycles. The molecule has 0 amide bonds. The van der Waals surface area contributed by atoms with Crippen molar-refractivity contribution < 1.29 is 21.6 Å². The van der Waals surface area contributed by atoms with Crippen molar-refractivity contribution in [3.8, 4) is 0 Å². The Balaban J connectivity index is 2.50. The Kier molecular flexibility index (Phi) is 4.53. The Morgan fingerprint density at radius 1 is 1.33 bits per heavy atom. The molecule has 1 atom stereocenters. The van der Waals surface area contributed by atoms with Crippen molar-refractivity contribution in [1.29, 1.82) is 0 Å². The molecule has 1 aliphatic rings. The van der Waals surface area contributed by atoms with Gasteiger partial charge in [0.05, 0.1) is 10.5 Å². The maximum atomic E-state index is 13.0. The molecule has 1 saturated heterocycles. The van der Waals surface area contributed by atoms with Crippen LogP contribution in [0.4, 0.5) is 13.2 Å². The van der Waals surface area contributed by atoms with Crippen LogP contribution in [-0.2, 0) is 16.2 Å². The molecule has 0 saturated carbocycles. The van der Waals surface area contributed by atoms with Crippen LogP contribution in [0.2, 0.25) is 5.02 Å². The predicted octanol–water partition coefficient (Wildman–Crippen LogP) is 2.47. The molecule has 0 spiro atoms. The van der Waals surface area contributed by atoms with Crippen LogP contribution in [0, 0.1) is 0 Å². The monoisotopic (exact) mass is 342 g/mol. The second-order valence-corrected chi connectivity index (χ2v) is 7.25. The number of piperidine rings is 1. The first-order chi connectivity index (χ1) is 9.62. The van der Waals surface area contributed by atoms with Gasteiger partial charge in [0.1, 0.15) is 0 Å². The summed E-state index contributed by atoms with van der Waals surface area (Å²) in [6, 6.07) is 2.28. The van der Waals surface area contributed by atoms with E-state index in [9.17, 15) is 21.6 Å². The van der Waals surface area contributed by atoms with E-state index in [4.69, 9.17) is 17.3 Å². The number of nitrogens with zero attached hydrogens (tertiary/aromatic N) is 1. The van der Waals surface area contributed by atoms with Gasteiger partial charge in [-0.15, -0.1) is 0 Å². The third-order valence-electron chi connectivity index (χ3n) is 3.29. The maximum absolute atomic E-state index is 13.0. The summed E-state index contributed by atoms with van der Waals surface area (Å²) in [6.07, 6.45) is -3.63. The Labute approximate surface area is 125 Å². The van der Waals surface area contributed by atoms with Gasteiger partial charge in [-0.25, -0.2) is 8.42 Å². The van der Waals surface area contributed by atoms with E-state index in [1.165, 1.54) is 0 Å². The van der Waals surface area contributed by atoms with Crippen molar-refractivity contribution >= 4 is 21.6 Å². The summed E-state index contributed by atoms with van der Waals surface area (Å²) in [4.78, 5) is -0.784. The van der Waals surface area contributed by atoms with E-state index in [-0.39, 0.29) is 24.2 Å². The molecule has 2 N–H and O–H groups in total. The molecular formula is C12H14ClF3N2O2S. The van der Waals surface area contributed by atoms with Crippen molar-refractivity contribution in [3.05, 3.63) is 28.8 Å². The average molecular weight is 343 g/mol. The molecule has 0 radical (unpaired) electrons. The van der Waals surface area contributed by atoms with E-state index >= 15 is 0 Å². The molecule has 4 nitrogen and oxygen atoms in total. The van der Waals surface area contributed by atoms with Crippen molar-refractivity contribution in [1.82, 2.24) is 4.31 Å². The minimum Gasteiger partial charge on any atom is -0.327 e. The standard InChI is InChI=1S/C12H14ClF3N2O2S/c13-8-3-4-11(10(6-8)12(14,15)16)21(19,20)18-5-1-2-9(17)7-18/h3-4,6,9H,1-2,5,7,17H2/t9-/m0/s1. The molecule has 1 aliphatic heterocycles. The second-order valence-electron chi connectivity index (χ2n) is 4.90. The van der Waals surface area contributed by atoms with Crippen LogP contribution < -0.4 is 5.73 Å². The molecule has 0 aromatic heterocycles. The number of benzene rings is 1. The summed E-state index contributed by atoms with van der Waals surface area (Å²) in [5, 5.41) is -0.170. The Morgan fingerprint density at radius 3 is 2.57 bits per heavy atom. The molecule has 9 heteroatoms. The molecule has 1 fully saturated rings. The summed E-state index contributed by atoms with van der Waals surface area (Å²) in [5.74, 6) is 0. The number of nitrogens with two attached hydrogens (primary N) is 1. The number of sulfonamides is 1. The Hall–Kier alpha value is -0.830. The van der Waals surface area contributed by atoms with Gasteiger partial charge in [-0.05, 0) is 31.0 Å². The smallest absolute Gasteiger partial charge is 0.327 e. The lowest BCUT2D eigenvalue weighted by Gasteiger charge is -2.30. The zero-order chi connectivity index (χ0) is 15.8. The zero-order valence-electron chi connectivity index (χ0n) is 10.9. The quantitative estimate of drug-likeness (QED) is 0.898. The van der Waals surface area contributed by atoms with Gasteiger partial charge >= 0.3 is 6.18 Å². The van der Waals surface area contributed by atoms with Gasteiger partial charge < -0.3 is 5.73 Å². The van der Waals surface area contributed by atoms with Gasteiger partial charge in [-0.1, -0.05) is 11.6 Å². The molecule has 21 heavy (non-hydrogen) atoms. The summed E-state index contributed by atoms with van der Waals surface area (Å²) >= 11 is 5.55. The van der Waals surface area contributed by atoms with Crippen LogP contribution in [0.15, 0.2) is 23.1 Å². The molecule has 0 aliphatic carbocycles. The number of hydrogen-bond acceptors (Lipinski definition) is 3. The van der Waals surface area contributed by atoms with Crippen LogP contribution in [0.1, 0.15) is 18.4 Å². The lowest BCUT2D eigenvalue weighted by atomic mass is 10.1. The van der Waals surface area contributed by atoms with E-state index in [0.29, 0.717) is 18.9 Å². The van der Waals surface area contributed by atoms with Crippen LogP contribution in [-0.4, -0.2) is 31.9 Å². The lowest BCUT2D eigenvalue weighted by Crippen LogP contribution is -2.45. The molecule has 0 bridgehead atoms. The second kappa shape index (κ2) is 5.75. The molecular weight excluding hydrogens is 329 g/mol. The maximum Gasteiger partial charge on any atom is 0.417 e. The van der Waals surface area contributed by atoms with E-state index in [1.807, 2.05) is 0 Å². The summed E-state index contributed by atoms with van der Waals surface area (Å²) < 4.78 is 65.0. The van der Waals surface area contributed by atoms with E-state index in [0.717, 1.165) is 16.4 Å². The minimum atomic E-state index is -4.80. The third-order valence-corrected chi connectivity index (χ3v) is 5.44. The number of alkyl halides is 3. The van der Waals surface area contributed by atoms with Gasteiger partial charge in [0, 0.05) is 24.2 Å². The van der Waals surface area contributed by atoms with Crippen molar-refractivity contribution in [3.63, 3.8) is 0 Å². The molecule has 1 heterocycles. The summed E-state index contributed by atoms with van der Waals surface area (Å²) in [5.41, 5.74) is 4.44. The fourth-order valence-electron chi connectivity index (χ4n) is 2.28. The fourth-order valence-corrected chi connectivity index (χ4v) is 4.18. The SMILES string of the molecule is N[C@H]1CCCN(S(=O)(=O)c2ccc(Cl)cc2C(F)(F)F)C1. The van der Waals surface area contributed by atoms with E-state index in [1.54, 1.807) is 0 Å². The van der Waals surface area contributed by atoms with Gasteiger partial charge in [-0.3, -0.25) is 0 Å². The third kappa shape index (κ3) is 3.50. The number of rotatable bonds is 2. The lowest BCUT2D eigenvalue weighted by molar-refractivity contribution is -0.139. The van der Waals surface area contributed by atoms with Crippen molar-refractivity contribution in [2.45, 2.75) is 30.0 Å². The van der Waals surface area contributed by atoms with Crippen LogP contribution in [0.25, 0.3) is 0 Å². The topological polar surface area (TPSA) is 63.4 Å². The first kappa shape index (κ1) is 16.5. The van der Waals surface area contributed by atoms with Gasteiger partial charge in [0.15, 0.2) is 0 Å². The number of halogens is 4. The molecule has 0 unspecified atom stereocenters. The number of hydrogen-bond donors (Lipinski definition) is 1. The average Bonchev–Trinajstić information content (AvgIpc) is 2.37. The Bertz CT molecular complexity index is 634. The highest BCUT2D eigenvalue weighted by molar-refractivity contribution is 7.89. The first-order valence-electron chi connectivity index (χ1n) is 6.25. The van der Waals surface area contributed by atoms with Crippen LogP contribution in [0.3, 0.4) is 0 Å². The highest BCUT2D eigenvalue weighted by Gasteiger charge is 2.40.